The molecular weight excluding hydrogens is 366 g/mol. The molecule has 4 N–H and O–H groups in total. The Kier molecular flexibility index (Phi) is 6.63. The molecule has 0 saturated carbocycles. The number of nitrogens with two attached hydrogens (primary N) is 1. The van der Waals surface area contributed by atoms with E-state index in [-0.39, 0.29) is 17.7 Å². The van der Waals surface area contributed by atoms with Crippen LogP contribution in [0, 0.1) is 0 Å². The fourth-order valence-electron chi connectivity index (χ4n) is 1.94. The van der Waals surface area contributed by atoms with Gasteiger partial charge in [0, 0.05) is 11.6 Å². The Bertz CT molecular complexity index is 808. The molecule has 7 nitrogen and oxygen atoms in total. The standard InChI is InChI=1S/C16H18ClN3O4S/c17-13-3-5-14(6-4-13)24-11-20-16(21)19-10-9-12-1-7-15(8-2-12)25(18,22)23/h1-8H,9-11H2,(H2,18,22,23)(H2,19,20,21). The second-order valence-electron chi connectivity index (χ2n) is 5.11. The van der Waals surface area contributed by atoms with Crippen molar-refractivity contribution in [3.8, 4) is 5.75 Å². The molecule has 0 fully saturated rings. The number of benzene rings is 2. The second-order valence-corrected chi connectivity index (χ2v) is 7.11. The number of hydrogen-bond donors (Lipinski definition) is 3. The third-order valence-corrected chi connectivity index (χ3v) is 4.42. The number of nitrogens with one attached hydrogen (secondary N) is 2. The molecule has 0 heterocycles. The Balaban J connectivity index is 1.67. The van der Waals surface area contributed by atoms with E-state index in [1.54, 1.807) is 36.4 Å². The SMILES string of the molecule is NS(=O)(=O)c1ccc(CCNC(=O)NCOc2ccc(Cl)cc2)cc1. The van der Waals surface area contributed by atoms with Crippen molar-refractivity contribution in [2.45, 2.75) is 11.3 Å². The fourth-order valence-corrected chi connectivity index (χ4v) is 2.59. The predicted molar refractivity (Wildman–Crippen MR) is 95.0 cm³/mol. The van der Waals surface area contributed by atoms with E-state index >= 15 is 0 Å². The summed E-state index contributed by atoms with van der Waals surface area (Å²) >= 11 is 5.76. The van der Waals surface area contributed by atoms with Crippen LogP contribution < -0.4 is 20.5 Å². The molecule has 0 unspecified atom stereocenters. The van der Waals surface area contributed by atoms with Gasteiger partial charge in [-0.2, -0.15) is 0 Å². The molecule has 0 atom stereocenters. The van der Waals surface area contributed by atoms with Crippen LogP contribution in [0.2, 0.25) is 5.02 Å². The molecular formula is C16H18ClN3O4S. The Hall–Kier alpha value is -2.29. The zero-order valence-electron chi connectivity index (χ0n) is 13.2. The molecule has 0 aliphatic heterocycles. The smallest absolute Gasteiger partial charge is 0.317 e. The van der Waals surface area contributed by atoms with Gasteiger partial charge in [0.15, 0.2) is 6.73 Å². The second kappa shape index (κ2) is 8.70. The van der Waals surface area contributed by atoms with E-state index in [0.29, 0.717) is 23.7 Å². The molecule has 0 aliphatic carbocycles. The largest absolute Gasteiger partial charge is 0.473 e. The summed E-state index contributed by atoms with van der Waals surface area (Å²) in [7, 11) is -3.69. The number of urea groups is 1. The molecule has 0 aliphatic rings. The molecule has 0 aromatic heterocycles. The topological polar surface area (TPSA) is 111 Å². The Morgan fingerprint density at radius 1 is 1.04 bits per heavy atom. The number of amides is 2. The number of hydrogen-bond acceptors (Lipinski definition) is 4. The number of carbonyl (C=O) groups is 1. The first kappa shape index (κ1) is 19.0. The fraction of sp³-hybridized carbons (Fsp3) is 0.188. The minimum atomic E-state index is -3.69. The van der Waals surface area contributed by atoms with Crippen LogP contribution in [0.4, 0.5) is 4.79 Å². The zero-order valence-corrected chi connectivity index (χ0v) is 14.8. The van der Waals surface area contributed by atoms with Crippen LogP contribution in [0.25, 0.3) is 0 Å². The van der Waals surface area contributed by atoms with E-state index < -0.39 is 10.0 Å². The Morgan fingerprint density at radius 2 is 1.68 bits per heavy atom. The van der Waals surface area contributed by atoms with Crippen LogP contribution in [0.5, 0.6) is 5.75 Å². The minimum Gasteiger partial charge on any atom is -0.473 e. The summed E-state index contributed by atoms with van der Waals surface area (Å²) in [4.78, 5) is 11.7. The molecule has 0 spiro atoms. The average molecular weight is 384 g/mol. The lowest BCUT2D eigenvalue weighted by molar-refractivity contribution is 0.224. The van der Waals surface area contributed by atoms with Crippen LogP contribution >= 0.6 is 11.6 Å². The van der Waals surface area contributed by atoms with E-state index in [1.807, 2.05) is 0 Å². The van der Waals surface area contributed by atoms with Crippen molar-refractivity contribution in [3.63, 3.8) is 0 Å². The summed E-state index contributed by atoms with van der Waals surface area (Å²) in [6, 6.07) is 12.6. The van der Waals surface area contributed by atoms with Crippen molar-refractivity contribution >= 4 is 27.7 Å². The van der Waals surface area contributed by atoms with Gasteiger partial charge >= 0.3 is 6.03 Å². The maximum atomic E-state index is 11.6. The first-order chi connectivity index (χ1) is 11.8. The van der Waals surface area contributed by atoms with Gasteiger partial charge in [0.25, 0.3) is 0 Å². The van der Waals surface area contributed by atoms with Gasteiger partial charge in [0.2, 0.25) is 10.0 Å². The summed E-state index contributed by atoms with van der Waals surface area (Å²) in [6.07, 6.45) is 0.552. The quantitative estimate of drug-likeness (QED) is 0.634. The van der Waals surface area contributed by atoms with E-state index in [4.69, 9.17) is 21.5 Å². The maximum absolute atomic E-state index is 11.6. The molecule has 0 saturated heterocycles. The van der Waals surface area contributed by atoms with Gasteiger partial charge in [-0.3, -0.25) is 0 Å². The van der Waals surface area contributed by atoms with Gasteiger partial charge in [0.1, 0.15) is 5.75 Å². The van der Waals surface area contributed by atoms with Crippen LogP contribution in [0.3, 0.4) is 0 Å². The lowest BCUT2D eigenvalue weighted by Crippen LogP contribution is -2.38. The van der Waals surface area contributed by atoms with Crippen LogP contribution in [-0.2, 0) is 16.4 Å². The highest BCUT2D eigenvalue weighted by Gasteiger charge is 2.06. The maximum Gasteiger partial charge on any atom is 0.317 e. The molecule has 2 rings (SSSR count). The number of carbonyl (C=O) groups excluding carboxylic acids is 1. The highest BCUT2D eigenvalue weighted by Crippen LogP contribution is 2.14. The number of ether oxygens (including phenoxy) is 1. The molecule has 0 bridgehead atoms. The summed E-state index contributed by atoms with van der Waals surface area (Å²) in [5.41, 5.74) is 0.880. The lowest BCUT2D eigenvalue weighted by Gasteiger charge is -2.09. The van der Waals surface area contributed by atoms with Crippen molar-refractivity contribution in [1.82, 2.24) is 10.6 Å². The number of rotatable bonds is 7. The van der Waals surface area contributed by atoms with Gasteiger partial charge < -0.3 is 15.4 Å². The minimum absolute atomic E-state index is 0.0243. The third-order valence-electron chi connectivity index (χ3n) is 3.24. The lowest BCUT2D eigenvalue weighted by atomic mass is 10.1. The van der Waals surface area contributed by atoms with Crippen LogP contribution in [0.1, 0.15) is 5.56 Å². The van der Waals surface area contributed by atoms with Gasteiger partial charge in [-0.25, -0.2) is 18.4 Å². The molecule has 25 heavy (non-hydrogen) atoms. The summed E-state index contributed by atoms with van der Waals surface area (Å²) in [6.45, 7) is 0.415. The number of sulfonamides is 1. The van der Waals surface area contributed by atoms with Crippen molar-refractivity contribution in [1.29, 1.82) is 0 Å². The first-order valence-corrected chi connectivity index (χ1v) is 9.29. The van der Waals surface area contributed by atoms with Crippen LogP contribution in [0.15, 0.2) is 53.4 Å². The monoisotopic (exact) mass is 383 g/mol. The number of primary sulfonamides is 1. The highest BCUT2D eigenvalue weighted by molar-refractivity contribution is 7.89. The third kappa shape index (κ3) is 6.61. The van der Waals surface area contributed by atoms with Crippen molar-refractivity contribution in [2.75, 3.05) is 13.3 Å². The average Bonchev–Trinajstić information content (AvgIpc) is 2.56. The highest BCUT2D eigenvalue weighted by atomic mass is 35.5. The summed E-state index contributed by atoms with van der Waals surface area (Å²) in [5.74, 6) is 0.597. The van der Waals surface area contributed by atoms with Crippen molar-refractivity contribution in [3.05, 3.63) is 59.1 Å². The van der Waals surface area contributed by atoms with Gasteiger partial charge in [-0.15, -0.1) is 0 Å². The molecule has 2 aromatic carbocycles. The van der Waals surface area contributed by atoms with Crippen molar-refractivity contribution < 1.29 is 17.9 Å². The normalized spacial score (nSPS) is 11.0. The van der Waals surface area contributed by atoms with E-state index in [2.05, 4.69) is 10.6 Å². The molecule has 9 heteroatoms. The summed E-state index contributed by atoms with van der Waals surface area (Å²) < 4.78 is 27.7. The molecule has 0 radical (unpaired) electrons. The van der Waals surface area contributed by atoms with Gasteiger partial charge in [-0.05, 0) is 48.4 Å². The van der Waals surface area contributed by atoms with Crippen LogP contribution in [-0.4, -0.2) is 27.7 Å². The zero-order chi connectivity index (χ0) is 18.3. The molecule has 2 amide bonds. The predicted octanol–water partition coefficient (Wildman–Crippen LogP) is 1.87. The van der Waals surface area contributed by atoms with Gasteiger partial charge in [-0.1, -0.05) is 23.7 Å². The Morgan fingerprint density at radius 3 is 2.28 bits per heavy atom. The summed E-state index contributed by atoms with van der Waals surface area (Å²) in [5, 5.41) is 10.9. The van der Waals surface area contributed by atoms with Crippen molar-refractivity contribution in [2.24, 2.45) is 5.14 Å². The van der Waals surface area contributed by atoms with Gasteiger partial charge in [0.05, 0.1) is 4.90 Å². The molecule has 134 valence electrons. The van der Waals surface area contributed by atoms with E-state index in [9.17, 15) is 13.2 Å². The number of halogens is 1. The van der Waals surface area contributed by atoms with E-state index in [1.165, 1.54) is 12.1 Å². The molecule has 2 aromatic rings. The van der Waals surface area contributed by atoms with E-state index in [0.717, 1.165) is 5.56 Å². The Labute approximate surface area is 151 Å². The first-order valence-electron chi connectivity index (χ1n) is 7.36.